The molecule has 0 aliphatic carbocycles. The first-order valence-corrected chi connectivity index (χ1v) is 6.37. The van der Waals surface area contributed by atoms with E-state index in [0.717, 1.165) is 0 Å². The van der Waals surface area contributed by atoms with Crippen molar-refractivity contribution in [3.63, 3.8) is 0 Å². The number of ether oxygens (including phenoxy) is 4. The molecule has 1 aromatic carbocycles. The number of nitrogens with one attached hydrogen (secondary N) is 1. The zero-order valence-electron chi connectivity index (χ0n) is 12.5. The minimum Gasteiger partial charge on any atom is -0.497 e. The molecule has 0 aliphatic rings. The second kappa shape index (κ2) is 8.50. The highest BCUT2D eigenvalue weighted by molar-refractivity contribution is 5.95. The van der Waals surface area contributed by atoms with Crippen molar-refractivity contribution in [1.29, 1.82) is 0 Å². The van der Waals surface area contributed by atoms with Gasteiger partial charge in [0.2, 0.25) is 0 Å². The summed E-state index contributed by atoms with van der Waals surface area (Å²) in [7, 11) is 2.88. The second-order valence-electron chi connectivity index (χ2n) is 3.95. The number of hydrogen-bond acceptors (Lipinski definition) is 7. The van der Waals surface area contributed by atoms with Crippen LogP contribution >= 0.6 is 0 Å². The number of alkyl carbamates (subject to hydrolysis) is 1. The zero-order valence-corrected chi connectivity index (χ0v) is 12.5. The third-order valence-electron chi connectivity index (χ3n) is 2.44. The molecule has 120 valence electrons. The third kappa shape index (κ3) is 5.31. The molecule has 0 saturated heterocycles. The zero-order chi connectivity index (χ0) is 16.5. The predicted octanol–water partition coefficient (Wildman–Crippen LogP) is 1.13. The normalized spacial score (nSPS) is 9.59. The number of rotatable bonds is 6. The first kappa shape index (κ1) is 17.3. The average Bonchev–Trinajstić information content (AvgIpc) is 2.52. The van der Waals surface area contributed by atoms with Crippen LogP contribution in [-0.4, -0.2) is 45.4 Å². The Morgan fingerprint density at radius 3 is 2.09 bits per heavy atom. The molecule has 0 unspecified atom stereocenters. The Bertz CT molecular complexity index is 534. The van der Waals surface area contributed by atoms with Crippen molar-refractivity contribution < 1.29 is 33.3 Å². The Hall–Kier alpha value is -2.77. The SMILES string of the molecule is CCOC(=O)NC(=O)COC(=O)c1cc(OC)cc(OC)c1. The molecule has 8 heteroatoms. The van der Waals surface area contributed by atoms with Gasteiger partial charge in [-0.15, -0.1) is 0 Å². The average molecular weight is 311 g/mol. The third-order valence-corrected chi connectivity index (χ3v) is 2.44. The molecule has 0 radical (unpaired) electrons. The fourth-order valence-corrected chi connectivity index (χ4v) is 1.46. The summed E-state index contributed by atoms with van der Waals surface area (Å²) in [6.45, 7) is 1.11. The van der Waals surface area contributed by atoms with Crippen molar-refractivity contribution in [2.45, 2.75) is 6.92 Å². The lowest BCUT2D eigenvalue weighted by Gasteiger charge is -2.09. The minimum absolute atomic E-state index is 0.127. The summed E-state index contributed by atoms with van der Waals surface area (Å²) in [5.74, 6) is -0.734. The van der Waals surface area contributed by atoms with Gasteiger partial charge in [-0.3, -0.25) is 10.1 Å². The largest absolute Gasteiger partial charge is 0.497 e. The molecular weight excluding hydrogens is 294 g/mol. The van der Waals surface area contributed by atoms with E-state index >= 15 is 0 Å². The van der Waals surface area contributed by atoms with Crippen LogP contribution in [0.3, 0.4) is 0 Å². The van der Waals surface area contributed by atoms with Gasteiger partial charge in [-0.1, -0.05) is 0 Å². The quantitative estimate of drug-likeness (QED) is 0.786. The summed E-state index contributed by atoms with van der Waals surface area (Å²) < 4.78 is 19.4. The van der Waals surface area contributed by atoms with Crippen LogP contribution < -0.4 is 14.8 Å². The summed E-state index contributed by atoms with van der Waals surface area (Å²) in [6.07, 6.45) is -0.897. The van der Waals surface area contributed by atoms with Gasteiger partial charge < -0.3 is 18.9 Å². The number of carbonyl (C=O) groups excluding carboxylic acids is 3. The molecule has 1 aromatic rings. The van der Waals surface area contributed by atoms with Crippen LogP contribution in [0.5, 0.6) is 11.5 Å². The van der Waals surface area contributed by atoms with E-state index in [9.17, 15) is 14.4 Å². The van der Waals surface area contributed by atoms with Crippen LogP contribution in [0.15, 0.2) is 18.2 Å². The standard InChI is InChI=1S/C14H17NO7/c1-4-21-14(18)15-12(16)8-22-13(17)9-5-10(19-2)7-11(6-9)20-3/h5-7H,4,8H2,1-3H3,(H,15,16,18). The van der Waals surface area contributed by atoms with E-state index in [0.29, 0.717) is 11.5 Å². The van der Waals surface area contributed by atoms with Crippen LogP contribution in [0.2, 0.25) is 0 Å². The monoisotopic (exact) mass is 311 g/mol. The van der Waals surface area contributed by atoms with E-state index in [1.165, 1.54) is 26.4 Å². The van der Waals surface area contributed by atoms with Gasteiger partial charge >= 0.3 is 12.1 Å². The van der Waals surface area contributed by atoms with E-state index in [-0.39, 0.29) is 12.2 Å². The van der Waals surface area contributed by atoms with Gasteiger partial charge in [0.15, 0.2) is 6.61 Å². The van der Waals surface area contributed by atoms with Crippen molar-refractivity contribution in [3.8, 4) is 11.5 Å². The van der Waals surface area contributed by atoms with Crippen molar-refractivity contribution >= 4 is 18.0 Å². The Balaban J connectivity index is 2.62. The lowest BCUT2D eigenvalue weighted by Crippen LogP contribution is -2.34. The Morgan fingerprint density at radius 2 is 1.59 bits per heavy atom. The predicted molar refractivity (Wildman–Crippen MR) is 75.0 cm³/mol. The molecule has 0 aromatic heterocycles. The molecule has 22 heavy (non-hydrogen) atoms. The maximum atomic E-state index is 11.9. The maximum Gasteiger partial charge on any atom is 0.413 e. The highest BCUT2D eigenvalue weighted by Crippen LogP contribution is 2.22. The molecule has 0 saturated carbocycles. The summed E-state index contributed by atoms with van der Waals surface area (Å²) in [5.41, 5.74) is 0.153. The van der Waals surface area contributed by atoms with Gasteiger partial charge in [0.25, 0.3) is 5.91 Å². The van der Waals surface area contributed by atoms with Gasteiger partial charge in [0, 0.05) is 6.07 Å². The molecule has 1 N–H and O–H groups in total. The summed E-state index contributed by atoms with van der Waals surface area (Å²) in [5, 5.41) is 1.91. The number of methoxy groups -OCH3 is 2. The molecule has 0 bridgehead atoms. The lowest BCUT2D eigenvalue weighted by molar-refractivity contribution is -0.123. The first-order chi connectivity index (χ1) is 10.5. The van der Waals surface area contributed by atoms with E-state index in [1.54, 1.807) is 13.0 Å². The molecule has 0 aliphatic heterocycles. The van der Waals surface area contributed by atoms with Crippen LogP contribution in [0.4, 0.5) is 4.79 Å². The van der Waals surface area contributed by atoms with Crippen molar-refractivity contribution in [1.82, 2.24) is 5.32 Å². The van der Waals surface area contributed by atoms with Crippen LogP contribution in [0.1, 0.15) is 17.3 Å². The smallest absolute Gasteiger partial charge is 0.413 e. The number of imide groups is 1. The van der Waals surface area contributed by atoms with Gasteiger partial charge in [0.1, 0.15) is 11.5 Å². The fraction of sp³-hybridized carbons (Fsp3) is 0.357. The molecule has 0 atom stereocenters. The van der Waals surface area contributed by atoms with Crippen molar-refractivity contribution in [2.75, 3.05) is 27.4 Å². The Labute approximate surface area is 127 Å². The van der Waals surface area contributed by atoms with Gasteiger partial charge in [-0.05, 0) is 19.1 Å². The first-order valence-electron chi connectivity index (χ1n) is 6.37. The molecule has 8 nitrogen and oxygen atoms in total. The van der Waals surface area contributed by atoms with Crippen LogP contribution in [0, 0.1) is 0 Å². The molecule has 1 rings (SSSR count). The summed E-state index contributed by atoms with van der Waals surface area (Å²) in [6, 6.07) is 4.46. The number of benzene rings is 1. The highest BCUT2D eigenvalue weighted by Gasteiger charge is 2.14. The Morgan fingerprint density at radius 1 is 1.00 bits per heavy atom. The van der Waals surface area contributed by atoms with Gasteiger partial charge in [0.05, 0.1) is 26.4 Å². The summed E-state index contributed by atoms with van der Waals surface area (Å²) >= 11 is 0. The lowest BCUT2D eigenvalue weighted by atomic mass is 10.2. The molecule has 0 spiro atoms. The topological polar surface area (TPSA) is 100 Å². The van der Waals surface area contributed by atoms with E-state index < -0.39 is 24.6 Å². The molecule has 0 fully saturated rings. The fourth-order valence-electron chi connectivity index (χ4n) is 1.46. The van der Waals surface area contributed by atoms with Crippen LogP contribution in [0.25, 0.3) is 0 Å². The second-order valence-corrected chi connectivity index (χ2v) is 3.95. The van der Waals surface area contributed by atoms with Gasteiger partial charge in [-0.25, -0.2) is 9.59 Å². The van der Waals surface area contributed by atoms with Crippen molar-refractivity contribution in [3.05, 3.63) is 23.8 Å². The minimum atomic E-state index is -0.897. The van der Waals surface area contributed by atoms with E-state index in [4.69, 9.17) is 14.2 Å². The van der Waals surface area contributed by atoms with Crippen molar-refractivity contribution in [2.24, 2.45) is 0 Å². The molecular formula is C14H17NO7. The van der Waals surface area contributed by atoms with E-state index in [1.807, 2.05) is 5.32 Å². The summed E-state index contributed by atoms with van der Waals surface area (Å²) in [4.78, 5) is 34.2. The number of esters is 1. The number of carbonyl (C=O) groups is 3. The van der Waals surface area contributed by atoms with Crippen LogP contribution in [-0.2, 0) is 14.3 Å². The van der Waals surface area contributed by atoms with E-state index in [2.05, 4.69) is 4.74 Å². The highest BCUT2D eigenvalue weighted by atomic mass is 16.6. The maximum absolute atomic E-state index is 11.9. The number of hydrogen-bond donors (Lipinski definition) is 1. The molecule has 2 amide bonds. The Kier molecular flexibility index (Phi) is 6.68. The van der Waals surface area contributed by atoms with Gasteiger partial charge in [-0.2, -0.15) is 0 Å². The molecule has 0 heterocycles. The number of amides is 2.